The van der Waals surface area contributed by atoms with E-state index in [1.807, 2.05) is 43.4 Å². The van der Waals surface area contributed by atoms with Crippen LogP contribution in [0.3, 0.4) is 0 Å². The summed E-state index contributed by atoms with van der Waals surface area (Å²) in [5.41, 5.74) is 2.05. The summed E-state index contributed by atoms with van der Waals surface area (Å²) in [4.78, 5) is 30.2. The highest BCUT2D eigenvalue weighted by Crippen LogP contribution is 2.41. The molecule has 2 aromatic heterocycles. The Morgan fingerprint density at radius 3 is 2.57 bits per heavy atom. The minimum absolute atomic E-state index is 0.144. The van der Waals surface area contributed by atoms with Crippen molar-refractivity contribution in [1.82, 2.24) is 19.6 Å². The molecular formula is C20H26N4O3S. The van der Waals surface area contributed by atoms with Crippen LogP contribution in [0.25, 0.3) is 5.76 Å². The Balaban J connectivity index is 2.10. The summed E-state index contributed by atoms with van der Waals surface area (Å²) in [6, 6.07) is 3.22. The van der Waals surface area contributed by atoms with Crippen LogP contribution >= 0.6 is 11.3 Å². The molecule has 8 heteroatoms. The first-order valence-corrected chi connectivity index (χ1v) is 10.1. The first kappa shape index (κ1) is 20.3. The molecule has 0 aliphatic carbocycles. The highest BCUT2D eigenvalue weighted by molar-refractivity contribution is 7.10. The van der Waals surface area contributed by atoms with Crippen LogP contribution in [0, 0.1) is 13.8 Å². The average Bonchev–Trinajstić information content (AvgIpc) is 3.29. The number of hydrogen-bond acceptors (Lipinski definition) is 6. The molecule has 150 valence electrons. The molecule has 0 bridgehead atoms. The van der Waals surface area contributed by atoms with Crippen LogP contribution in [-0.2, 0) is 16.6 Å². The molecule has 1 saturated heterocycles. The maximum absolute atomic E-state index is 12.9. The van der Waals surface area contributed by atoms with Gasteiger partial charge in [-0.15, -0.1) is 11.3 Å². The molecule has 3 rings (SSSR count). The molecule has 1 aliphatic rings. The Morgan fingerprint density at radius 1 is 1.32 bits per heavy atom. The highest BCUT2D eigenvalue weighted by Gasteiger charge is 2.46. The summed E-state index contributed by atoms with van der Waals surface area (Å²) >= 11 is 1.48. The number of amides is 1. The average molecular weight is 403 g/mol. The van der Waals surface area contributed by atoms with Gasteiger partial charge < -0.3 is 14.9 Å². The molecule has 1 atom stereocenters. The number of thiophene rings is 1. The summed E-state index contributed by atoms with van der Waals surface area (Å²) in [7, 11) is 5.73. The van der Waals surface area contributed by atoms with Gasteiger partial charge in [-0.05, 0) is 52.4 Å². The van der Waals surface area contributed by atoms with Gasteiger partial charge in [0.15, 0.2) is 0 Å². The van der Waals surface area contributed by atoms with Crippen LogP contribution in [0.2, 0.25) is 0 Å². The van der Waals surface area contributed by atoms with Crippen molar-refractivity contribution in [3.63, 3.8) is 0 Å². The maximum Gasteiger partial charge on any atom is 0.295 e. The number of nitrogens with zero attached hydrogens (tertiary/aromatic N) is 4. The normalized spacial score (nSPS) is 19.2. The van der Waals surface area contributed by atoms with Gasteiger partial charge in [0.2, 0.25) is 0 Å². The number of ketones is 1. The molecule has 7 nitrogen and oxygen atoms in total. The van der Waals surface area contributed by atoms with Gasteiger partial charge in [0, 0.05) is 24.2 Å². The molecule has 1 aliphatic heterocycles. The van der Waals surface area contributed by atoms with Crippen LogP contribution in [0.4, 0.5) is 0 Å². The zero-order valence-corrected chi connectivity index (χ0v) is 17.7. The number of carbonyl (C=O) groups is 2. The van der Waals surface area contributed by atoms with Crippen molar-refractivity contribution in [3.8, 4) is 0 Å². The fourth-order valence-corrected chi connectivity index (χ4v) is 4.51. The Hall–Kier alpha value is -2.45. The molecule has 1 fully saturated rings. The largest absolute Gasteiger partial charge is 0.507 e. The number of likely N-dealkylation sites (tertiary alicyclic amines) is 1. The highest BCUT2D eigenvalue weighted by atomic mass is 32.1. The number of rotatable bonds is 6. The third-order valence-electron chi connectivity index (χ3n) is 5.10. The predicted molar refractivity (Wildman–Crippen MR) is 109 cm³/mol. The van der Waals surface area contributed by atoms with Gasteiger partial charge in [0.1, 0.15) is 5.76 Å². The third kappa shape index (κ3) is 3.49. The summed E-state index contributed by atoms with van der Waals surface area (Å²) in [5, 5.41) is 17.4. The van der Waals surface area contributed by atoms with Gasteiger partial charge in [-0.1, -0.05) is 6.07 Å². The first-order valence-electron chi connectivity index (χ1n) is 9.21. The number of Topliss-reactive ketones (excluding diaryl/α,β-unsaturated/α-hetero) is 1. The predicted octanol–water partition coefficient (Wildman–Crippen LogP) is 2.47. The summed E-state index contributed by atoms with van der Waals surface area (Å²) in [6.07, 6.45) is 0.743. The molecule has 1 amide bonds. The molecule has 1 N–H and O–H groups in total. The fourth-order valence-electron chi connectivity index (χ4n) is 3.66. The standard InChI is InChI=1S/C20H26N4O3S/c1-12-15(13(2)23(5)21-12)18(25)16-17(14-8-6-11-28-14)24(20(27)19(16)26)10-7-9-22(3)4/h6,8,11,17,25H,7,9-10H2,1-5H3/b18-16+/t17-/m1/s1. The maximum atomic E-state index is 12.9. The van der Waals surface area contributed by atoms with Gasteiger partial charge in [-0.25, -0.2) is 0 Å². The van der Waals surface area contributed by atoms with E-state index >= 15 is 0 Å². The topological polar surface area (TPSA) is 78.7 Å². The van der Waals surface area contributed by atoms with E-state index < -0.39 is 17.7 Å². The molecule has 0 radical (unpaired) electrons. The number of aliphatic hydroxyl groups is 1. The molecule has 0 unspecified atom stereocenters. The van der Waals surface area contributed by atoms with Crippen LogP contribution in [-0.4, -0.2) is 63.6 Å². The number of carbonyl (C=O) groups excluding carboxylic acids is 2. The summed E-state index contributed by atoms with van der Waals surface area (Å²) in [5.74, 6) is -1.34. The van der Waals surface area contributed by atoms with Gasteiger partial charge in [0.05, 0.1) is 22.9 Å². The van der Waals surface area contributed by atoms with E-state index in [0.29, 0.717) is 17.8 Å². The Labute approximate surface area is 168 Å². The number of hydrogen-bond donors (Lipinski definition) is 1. The van der Waals surface area contributed by atoms with E-state index in [0.717, 1.165) is 23.5 Å². The van der Waals surface area contributed by atoms with Crippen molar-refractivity contribution in [2.45, 2.75) is 26.3 Å². The molecule has 0 aromatic carbocycles. The Bertz CT molecular complexity index is 928. The van der Waals surface area contributed by atoms with Gasteiger partial charge in [-0.3, -0.25) is 14.3 Å². The minimum Gasteiger partial charge on any atom is -0.507 e. The lowest BCUT2D eigenvalue weighted by Crippen LogP contribution is -2.32. The van der Waals surface area contributed by atoms with E-state index in [9.17, 15) is 14.7 Å². The third-order valence-corrected chi connectivity index (χ3v) is 6.03. The van der Waals surface area contributed by atoms with Crippen molar-refractivity contribution in [2.75, 3.05) is 27.2 Å². The van der Waals surface area contributed by atoms with Crippen LogP contribution in [0.1, 0.15) is 34.3 Å². The Morgan fingerprint density at radius 2 is 2.04 bits per heavy atom. The first-order chi connectivity index (χ1) is 13.2. The number of aliphatic hydroxyl groups excluding tert-OH is 1. The van der Waals surface area contributed by atoms with Crippen molar-refractivity contribution in [2.24, 2.45) is 7.05 Å². The zero-order chi connectivity index (χ0) is 20.6. The lowest BCUT2D eigenvalue weighted by molar-refractivity contribution is -0.139. The second-order valence-electron chi connectivity index (χ2n) is 7.33. The lowest BCUT2D eigenvalue weighted by atomic mass is 9.99. The zero-order valence-electron chi connectivity index (χ0n) is 16.9. The van der Waals surface area contributed by atoms with E-state index in [4.69, 9.17) is 0 Å². The summed E-state index contributed by atoms with van der Waals surface area (Å²) < 4.78 is 1.66. The molecule has 28 heavy (non-hydrogen) atoms. The molecule has 2 aromatic rings. The molecule has 0 saturated carbocycles. The van der Waals surface area contributed by atoms with Crippen LogP contribution in [0.15, 0.2) is 23.1 Å². The Kier molecular flexibility index (Phi) is 5.71. The minimum atomic E-state index is -0.636. The monoisotopic (exact) mass is 402 g/mol. The van der Waals surface area contributed by atoms with Crippen molar-refractivity contribution in [3.05, 3.63) is 44.9 Å². The van der Waals surface area contributed by atoms with E-state index in [2.05, 4.69) is 5.10 Å². The van der Waals surface area contributed by atoms with Crippen LogP contribution in [0.5, 0.6) is 0 Å². The smallest absolute Gasteiger partial charge is 0.295 e. The van der Waals surface area contributed by atoms with Crippen LogP contribution < -0.4 is 0 Å². The van der Waals surface area contributed by atoms with Gasteiger partial charge in [-0.2, -0.15) is 5.10 Å². The fraction of sp³-hybridized carbons (Fsp3) is 0.450. The number of aryl methyl sites for hydroxylation is 2. The van der Waals surface area contributed by atoms with Crippen molar-refractivity contribution < 1.29 is 14.7 Å². The van der Waals surface area contributed by atoms with Crippen molar-refractivity contribution >= 4 is 28.8 Å². The lowest BCUT2D eigenvalue weighted by Gasteiger charge is -2.24. The van der Waals surface area contributed by atoms with E-state index in [1.54, 1.807) is 23.6 Å². The summed E-state index contributed by atoms with van der Waals surface area (Å²) in [6.45, 7) is 4.88. The molecular weight excluding hydrogens is 376 g/mol. The molecule has 3 heterocycles. The second-order valence-corrected chi connectivity index (χ2v) is 8.31. The van der Waals surface area contributed by atoms with E-state index in [1.165, 1.54) is 11.3 Å². The SMILES string of the molecule is Cc1nn(C)c(C)c1/C(O)=C1\C(=O)C(=O)N(CCCN(C)C)[C@@H]1c1cccs1. The second kappa shape index (κ2) is 7.89. The van der Waals surface area contributed by atoms with Crippen molar-refractivity contribution in [1.29, 1.82) is 0 Å². The molecule has 0 spiro atoms. The van der Waals surface area contributed by atoms with Gasteiger partial charge >= 0.3 is 0 Å². The van der Waals surface area contributed by atoms with E-state index in [-0.39, 0.29) is 11.3 Å². The number of aromatic nitrogens is 2. The quantitative estimate of drug-likeness (QED) is 0.456. The van der Waals surface area contributed by atoms with Gasteiger partial charge in [0.25, 0.3) is 11.7 Å².